The molecule has 1 aromatic carbocycles. The largest absolute Gasteiger partial charge is 0.399 e. The van der Waals surface area contributed by atoms with Crippen LogP contribution in [0.2, 0.25) is 0 Å². The van der Waals surface area contributed by atoms with Crippen LogP contribution in [-0.4, -0.2) is 13.1 Å². The normalized spacial score (nSPS) is 22.1. The Labute approximate surface area is 79.1 Å². The fourth-order valence-electron chi connectivity index (χ4n) is 2.03. The Hall–Kier alpha value is -1.02. The van der Waals surface area contributed by atoms with E-state index in [1.165, 1.54) is 17.5 Å². The van der Waals surface area contributed by atoms with Crippen molar-refractivity contribution in [3.63, 3.8) is 0 Å². The van der Waals surface area contributed by atoms with Gasteiger partial charge < -0.3 is 11.1 Å². The van der Waals surface area contributed by atoms with E-state index in [-0.39, 0.29) is 0 Å². The van der Waals surface area contributed by atoms with Gasteiger partial charge in [-0.1, -0.05) is 12.1 Å². The van der Waals surface area contributed by atoms with E-state index >= 15 is 0 Å². The molecule has 0 amide bonds. The molecule has 0 aliphatic carbocycles. The van der Waals surface area contributed by atoms with Crippen molar-refractivity contribution in [2.24, 2.45) is 0 Å². The zero-order chi connectivity index (χ0) is 9.26. The molecule has 0 spiro atoms. The number of benzene rings is 1. The van der Waals surface area contributed by atoms with Gasteiger partial charge in [-0.2, -0.15) is 0 Å². The standard InChI is InChI=1S/C11H16N2/c1-8-10(3-2-4-11(8)12)9-5-6-13-7-9/h2-4,9,13H,5-7,12H2,1H3/t9-/m1/s1. The molecule has 2 heteroatoms. The summed E-state index contributed by atoms with van der Waals surface area (Å²) in [5, 5.41) is 3.38. The van der Waals surface area contributed by atoms with E-state index in [0.717, 1.165) is 18.8 Å². The fourth-order valence-corrected chi connectivity index (χ4v) is 2.03. The van der Waals surface area contributed by atoms with E-state index in [4.69, 9.17) is 5.73 Å². The Kier molecular flexibility index (Phi) is 2.23. The van der Waals surface area contributed by atoms with Crippen molar-refractivity contribution in [1.29, 1.82) is 0 Å². The van der Waals surface area contributed by atoms with E-state index in [2.05, 4.69) is 24.4 Å². The zero-order valence-corrected chi connectivity index (χ0v) is 8.01. The van der Waals surface area contributed by atoms with Crippen LogP contribution in [0.3, 0.4) is 0 Å². The van der Waals surface area contributed by atoms with Gasteiger partial charge in [-0.25, -0.2) is 0 Å². The molecule has 3 N–H and O–H groups in total. The van der Waals surface area contributed by atoms with Gasteiger partial charge in [0.1, 0.15) is 0 Å². The second-order valence-electron chi connectivity index (χ2n) is 3.75. The van der Waals surface area contributed by atoms with Crippen LogP contribution in [0.4, 0.5) is 5.69 Å². The van der Waals surface area contributed by atoms with Gasteiger partial charge in [0, 0.05) is 12.2 Å². The average molecular weight is 176 g/mol. The SMILES string of the molecule is Cc1c(N)cccc1[C@@H]1CCNC1. The van der Waals surface area contributed by atoms with Crippen molar-refractivity contribution < 1.29 is 0 Å². The van der Waals surface area contributed by atoms with E-state index in [0.29, 0.717) is 5.92 Å². The smallest absolute Gasteiger partial charge is 0.0346 e. The summed E-state index contributed by atoms with van der Waals surface area (Å²) in [6, 6.07) is 6.22. The van der Waals surface area contributed by atoms with Gasteiger partial charge in [0.25, 0.3) is 0 Å². The van der Waals surface area contributed by atoms with Crippen LogP contribution in [-0.2, 0) is 0 Å². The molecule has 1 aliphatic rings. The molecular formula is C11H16N2. The summed E-state index contributed by atoms with van der Waals surface area (Å²) >= 11 is 0. The predicted molar refractivity (Wildman–Crippen MR) is 55.8 cm³/mol. The van der Waals surface area contributed by atoms with Gasteiger partial charge in [-0.15, -0.1) is 0 Å². The molecule has 1 heterocycles. The van der Waals surface area contributed by atoms with Crippen LogP contribution in [0.5, 0.6) is 0 Å². The highest BCUT2D eigenvalue weighted by Gasteiger charge is 2.18. The molecular weight excluding hydrogens is 160 g/mol. The van der Waals surface area contributed by atoms with Crippen LogP contribution in [0, 0.1) is 6.92 Å². The first-order valence-corrected chi connectivity index (χ1v) is 4.84. The molecule has 1 fully saturated rings. The summed E-state index contributed by atoms with van der Waals surface area (Å²) in [6.07, 6.45) is 1.24. The molecule has 2 nitrogen and oxygen atoms in total. The third-order valence-corrected chi connectivity index (χ3v) is 2.92. The second kappa shape index (κ2) is 3.38. The highest BCUT2D eigenvalue weighted by atomic mass is 14.9. The molecule has 0 saturated carbocycles. The van der Waals surface area contributed by atoms with Crippen LogP contribution in [0.15, 0.2) is 18.2 Å². The van der Waals surface area contributed by atoms with Crippen LogP contribution >= 0.6 is 0 Å². The number of hydrogen-bond donors (Lipinski definition) is 2. The van der Waals surface area contributed by atoms with Crippen molar-refractivity contribution in [2.45, 2.75) is 19.3 Å². The lowest BCUT2D eigenvalue weighted by Gasteiger charge is -2.13. The molecule has 1 aromatic rings. The van der Waals surface area contributed by atoms with Gasteiger partial charge in [0.05, 0.1) is 0 Å². The Bertz CT molecular complexity index is 301. The predicted octanol–water partition coefficient (Wildman–Crippen LogP) is 1.65. The summed E-state index contributed by atoms with van der Waals surface area (Å²) in [7, 11) is 0. The van der Waals surface area contributed by atoms with Crippen LogP contribution in [0.1, 0.15) is 23.5 Å². The molecule has 2 rings (SSSR count). The van der Waals surface area contributed by atoms with Gasteiger partial charge >= 0.3 is 0 Å². The maximum absolute atomic E-state index is 5.87. The summed E-state index contributed by atoms with van der Waals surface area (Å²) in [4.78, 5) is 0. The molecule has 0 aromatic heterocycles. The number of anilines is 1. The van der Waals surface area contributed by atoms with Crippen molar-refractivity contribution in [3.8, 4) is 0 Å². The average Bonchev–Trinajstić information content (AvgIpc) is 2.62. The molecule has 0 unspecified atom stereocenters. The first kappa shape index (κ1) is 8.57. The third kappa shape index (κ3) is 1.54. The van der Waals surface area contributed by atoms with Crippen molar-refractivity contribution >= 4 is 5.69 Å². The summed E-state index contributed by atoms with van der Waals surface area (Å²) < 4.78 is 0. The van der Waals surface area contributed by atoms with Crippen molar-refractivity contribution in [1.82, 2.24) is 5.32 Å². The zero-order valence-electron chi connectivity index (χ0n) is 8.01. The summed E-state index contributed by atoms with van der Waals surface area (Å²) in [6.45, 7) is 4.35. The highest BCUT2D eigenvalue weighted by Crippen LogP contribution is 2.27. The van der Waals surface area contributed by atoms with Crippen molar-refractivity contribution in [2.75, 3.05) is 18.8 Å². The number of hydrogen-bond acceptors (Lipinski definition) is 2. The van der Waals surface area contributed by atoms with Crippen molar-refractivity contribution in [3.05, 3.63) is 29.3 Å². The molecule has 13 heavy (non-hydrogen) atoms. The summed E-state index contributed by atoms with van der Waals surface area (Å²) in [5.74, 6) is 0.670. The van der Waals surface area contributed by atoms with Gasteiger partial charge in [0.2, 0.25) is 0 Å². The maximum Gasteiger partial charge on any atom is 0.0346 e. The van der Waals surface area contributed by atoms with E-state index < -0.39 is 0 Å². The number of nitrogen functional groups attached to an aromatic ring is 1. The minimum atomic E-state index is 0.670. The fraction of sp³-hybridized carbons (Fsp3) is 0.455. The Balaban J connectivity index is 2.33. The molecule has 1 aliphatic heterocycles. The van der Waals surface area contributed by atoms with E-state index in [1.54, 1.807) is 0 Å². The first-order valence-electron chi connectivity index (χ1n) is 4.84. The quantitative estimate of drug-likeness (QED) is 0.638. The van der Waals surface area contributed by atoms with Crippen LogP contribution in [0.25, 0.3) is 0 Å². The number of nitrogens with one attached hydrogen (secondary N) is 1. The Morgan fingerprint density at radius 3 is 3.00 bits per heavy atom. The maximum atomic E-state index is 5.87. The van der Waals surface area contributed by atoms with E-state index in [1.807, 2.05) is 6.07 Å². The lowest BCUT2D eigenvalue weighted by molar-refractivity contribution is 0.758. The molecule has 1 saturated heterocycles. The third-order valence-electron chi connectivity index (χ3n) is 2.92. The first-order chi connectivity index (χ1) is 6.29. The lowest BCUT2D eigenvalue weighted by Crippen LogP contribution is -2.09. The molecule has 1 atom stereocenters. The van der Waals surface area contributed by atoms with Gasteiger partial charge in [0.15, 0.2) is 0 Å². The molecule has 70 valence electrons. The number of nitrogens with two attached hydrogens (primary N) is 1. The lowest BCUT2D eigenvalue weighted by atomic mass is 9.93. The minimum Gasteiger partial charge on any atom is -0.399 e. The minimum absolute atomic E-state index is 0.670. The Morgan fingerprint density at radius 1 is 1.46 bits per heavy atom. The highest BCUT2D eigenvalue weighted by molar-refractivity contribution is 5.51. The Morgan fingerprint density at radius 2 is 2.31 bits per heavy atom. The van der Waals surface area contributed by atoms with Gasteiger partial charge in [-0.05, 0) is 43.0 Å². The topological polar surface area (TPSA) is 38.0 Å². The van der Waals surface area contributed by atoms with Gasteiger partial charge in [-0.3, -0.25) is 0 Å². The molecule has 0 radical (unpaired) electrons. The van der Waals surface area contributed by atoms with Crippen LogP contribution < -0.4 is 11.1 Å². The number of rotatable bonds is 1. The summed E-state index contributed by atoms with van der Waals surface area (Å²) in [5.41, 5.74) is 9.47. The monoisotopic (exact) mass is 176 g/mol. The van der Waals surface area contributed by atoms with E-state index in [9.17, 15) is 0 Å². The second-order valence-corrected chi connectivity index (χ2v) is 3.75. The molecule has 0 bridgehead atoms.